The lowest BCUT2D eigenvalue weighted by Gasteiger charge is -2.22. The Hall–Kier alpha value is -2.14. The number of carbonyl (C=O) groups excluding carboxylic acids is 2. The molecule has 0 heterocycles. The first kappa shape index (κ1) is 18.2. The van der Waals surface area contributed by atoms with Crippen LogP contribution in [0.3, 0.4) is 0 Å². The monoisotopic (exact) mass is 388 g/mol. The maximum Gasteiger partial charge on any atom is 0.223 e. The van der Waals surface area contributed by atoms with Gasteiger partial charge in [0, 0.05) is 30.4 Å². The van der Waals surface area contributed by atoms with Gasteiger partial charge in [-0.2, -0.15) is 0 Å². The second-order valence-corrected chi connectivity index (χ2v) is 6.46. The molecule has 24 heavy (non-hydrogen) atoms. The molecular weight excluding hydrogens is 368 g/mol. The van der Waals surface area contributed by atoms with E-state index in [0.29, 0.717) is 25.9 Å². The number of benzene rings is 2. The van der Waals surface area contributed by atoms with Crippen LogP contribution in [0.25, 0.3) is 0 Å². The highest BCUT2D eigenvalue weighted by Crippen LogP contribution is 2.18. The average molecular weight is 389 g/mol. The summed E-state index contributed by atoms with van der Waals surface area (Å²) >= 11 is 3.50. The number of rotatable bonds is 8. The second kappa shape index (κ2) is 9.23. The van der Waals surface area contributed by atoms with Crippen LogP contribution in [-0.2, 0) is 22.6 Å². The summed E-state index contributed by atoms with van der Waals surface area (Å²) in [7, 11) is 0. The first-order chi connectivity index (χ1) is 11.6. The van der Waals surface area contributed by atoms with Crippen LogP contribution in [-0.4, -0.2) is 23.3 Å². The average Bonchev–Trinajstić information content (AvgIpc) is 2.58. The van der Waals surface area contributed by atoms with Gasteiger partial charge in [-0.05, 0) is 23.6 Å². The number of hydrogen-bond donors (Lipinski definition) is 1. The van der Waals surface area contributed by atoms with Crippen molar-refractivity contribution in [1.82, 2.24) is 4.90 Å². The molecular formula is C19H21BrN2O2. The zero-order valence-electron chi connectivity index (χ0n) is 13.5. The maximum absolute atomic E-state index is 12.6. The lowest BCUT2D eigenvalue weighted by Crippen LogP contribution is -2.33. The van der Waals surface area contributed by atoms with Gasteiger partial charge in [0.25, 0.3) is 0 Å². The molecule has 2 aromatic carbocycles. The fraction of sp³-hybridized carbons (Fsp3) is 0.263. The van der Waals surface area contributed by atoms with Gasteiger partial charge in [-0.15, -0.1) is 0 Å². The van der Waals surface area contributed by atoms with Crippen LogP contribution in [0.4, 0.5) is 0 Å². The third-order valence-electron chi connectivity index (χ3n) is 3.76. The van der Waals surface area contributed by atoms with E-state index in [1.54, 1.807) is 4.90 Å². The minimum absolute atomic E-state index is 0.0239. The van der Waals surface area contributed by atoms with E-state index in [-0.39, 0.29) is 12.3 Å². The van der Waals surface area contributed by atoms with Crippen molar-refractivity contribution < 1.29 is 9.59 Å². The molecule has 0 bridgehead atoms. The van der Waals surface area contributed by atoms with Crippen molar-refractivity contribution in [3.8, 4) is 0 Å². The Morgan fingerprint density at radius 2 is 1.62 bits per heavy atom. The van der Waals surface area contributed by atoms with Gasteiger partial charge in [-0.1, -0.05) is 64.5 Å². The van der Waals surface area contributed by atoms with Crippen LogP contribution in [0, 0.1) is 0 Å². The molecule has 2 rings (SSSR count). The molecule has 0 aromatic heterocycles. The molecule has 0 aliphatic rings. The lowest BCUT2D eigenvalue weighted by molar-refractivity contribution is -0.132. The topological polar surface area (TPSA) is 63.4 Å². The Kier molecular flexibility index (Phi) is 7.00. The normalized spacial score (nSPS) is 10.4. The van der Waals surface area contributed by atoms with E-state index in [2.05, 4.69) is 15.9 Å². The number of nitrogens with two attached hydrogens (primary N) is 1. The van der Waals surface area contributed by atoms with Crippen molar-refractivity contribution in [2.24, 2.45) is 5.73 Å². The minimum Gasteiger partial charge on any atom is -0.370 e. The van der Waals surface area contributed by atoms with Gasteiger partial charge < -0.3 is 10.6 Å². The molecule has 0 aliphatic carbocycles. The molecule has 0 spiro atoms. The third kappa shape index (κ3) is 5.81. The third-order valence-corrected chi connectivity index (χ3v) is 4.54. The summed E-state index contributed by atoms with van der Waals surface area (Å²) in [6.07, 6.45) is 1.23. The Bertz CT molecular complexity index is 689. The van der Waals surface area contributed by atoms with Crippen LogP contribution in [0.2, 0.25) is 0 Å². The fourth-order valence-corrected chi connectivity index (χ4v) is 2.92. The zero-order valence-corrected chi connectivity index (χ0v) is 15.0. The van der Waals surface area contributed by atoms with Crippen molar-refractivity contribution in [2.75, 3.05) is 6.54 Å². The number of primary amides is 1. The van der Waals surface area contributed by atoms with E-state index < -0.39 is 5.91 Å². The van der Waals surface area contributed by atoms with E-state index >= 15 is 0 Å². The number of carbonyl (C=O) groups is 2. The van der Waals surface area contributed by atoms with E-state index in [1.165, 1.54) is 0 Å². The Balaban J connectivity index is 2.00. The largest absolute Gasteiger partial charge is 0.370 e. The van der Waals surface area contributed by atoms with Crippen LogP contribution in [0.1, 0.15) is 24.0 Å². The maximum atomic E-state index is 12.6. The molecule has 5 heteroatoms. The second-order valence-electron chi connectivity index (χ2n) is 5.61. The highest BCUT2D eigenvalue weighted by atomic mass is 79.9. The number of halogens is 1. The summed E-state index contributed by atoms with van der Waals surface area (Å²) in [6, 6.07) is 17.6. The van der Waals surface area contributed by atoms with Crippen LogP contribution in [0.15, 0.2) is 59.1 Å². The van der Waals surface area contributed by atoms with Gasteiger partial charge in [0.2, 0.25) is 11.8 Å². The first-order valence-electron chi connectivity index (χ1n) is 7.89. The van der Waals surface area contributed by atoms with Crippen LogP contribution in [0.5, 0.6) is 0 Å². The van der Waals surface area contributed by atoms with Gasteiger partial charge >= 0.3 is 0 Å². The molecule has 0 saturated heterocycles. The summed E-state index contributed by atoms with van der Waals surface area (Å²) in [6.45, 7) is 0.835. The predicted molar refractivity (Wildman–Crippen MR) is 98.1 cm³/mol. The fourth-order valence-electron chi connectivity index (χ4n) is 2.44. The van der Waals surface area contributed by atoms with E-state index in [4.69, 9.17) is 5.73 Å². The highest BCUT2D eigenvalue weighted by Gasteiger charge is 2.15. The summed E-state index contributed by atoms with van der Waals surface area (Å²) in [5, 5.41) is 0. The highest BCUT2D eigenvalue weighted by molar-refractivity contribution is 9.10. The molecule has 0 saturated carbocycles. The number of amides is 2. The smallest absolute Gasteiger partial charge is 0.223 e. The van der Waals surface area contributed by atoms with E-state index in [0.717, 1.165) is 15.6 Å². The zero-order chi connectivity index (χ0) is 17.4. The van der Waals surface area contributed by atoms with Crippen molar-refractivity contribution in [3.63, 3.8) is 0 Å². The van der Waals surface area contributed by atoms with Gasteiger partial charge in [0.1, 0.15) is 0 Å². The van der Waals surface area contributed by atoms with Gasteiger partial charge in [-0.3, -0.25) is 9.59 Å². The first-order valence-corrected chi connectivity index (χ1v) is 8.69. The summed E-state index contributed by atoms with van der Waals surface area (Å²) in [5.41, 5.74) is 7.37. The minimum atomic E-state index is -0.397. The SMILES string of the molecule is NC(=O)CCN(Cc1ccccc1)C(=O)CCc1ccccc1Br. The molecule has 126 valence electrons. The molecule has 0 unspecified atom stereocenters. The van der Waals surface area contributed by atoms with Crippen molar-refractivity contribution >= 4 is 27.7 Å². The van der Waals surface area contributed by atoms with Crippen LogP contribution >= 0.6 is 15.9 Å². The van der Waals surface area contributed by atoms with E-state index in [9.17, 15) is 9.59 Å². The van der Waals surface area contributed by atoms with E-state index in [1.807, 2.05) is 54.6 Å². The summed E-state index contributed by atoms with van der Waals surface area (Å²) in [4.78, 5) is 25.4. The number of nitrogens with zero attached hydrogens (tertiary/aromatic N) is 1. The Morgan fingerprint density at radius 1 is 0.958 bits per heavy atom. The molecule has 2 N–H and O–H groups in total. The molecule has 2 amide bonds. The number of hydrogen-bond acceptors (Lipinski definition) is 2. The summed E-state index contributed by atoms with van der Waals surface area (Å²) in [5.74, 6) is -0.373. The van der Waals surface area contributed by atoms with Crippen molar-refractivity contribution in [3.05, 3.63) is 70.2 Å². The van der Waals surface area contributed by atoms with Crippen molar-refractivity contribution in [1.29, 1.82) is 0 Å². The van der Waals surface area contributed by atoms with Gasteiger partial charge in [0.05, 0.1) is 0 Å². The van der Waals surface area contributed by atoms with Crippen LogP contribution < -0.4 is 5.73 Å². The van der Waals surface area contributed by atoms with Gasteiger partial charge in [-0.25, -0.2) is 0 Å². The summed E-state index contributed by atoms with van der Waals surface area (Å²) < 4.78 is 1.00. The quantitative estimate of drug-likeness (QED) is 0.753. The standard InChI is InChI=1S/C19H21BrN2O2/c20-17-9-5-4-8-16(17)10-11-19(24)22(13-12-18(21)23)14-15-6-2-1-3-7-15/h1-9H,10-14H2,(H2,21,23). The molecule has 2 aromatic rings. The number of aryl methyl sites for hydroxylation is 1. The Morgan fingerprint density at radius 3 is 2.29 bits per heavy atom. The van der Waals surface area contributed by atoms with Gasteiger partial charge in [0.15, 0.2) is 0 Å². The predicted octanol–water partition coefficient (Wildman–Crippen LogP) is 3.29. The molecule has 0 aliphatic heterocycles. The molecule has 0 fully saturated rings. The lowest BCUT2D eigenvalue weighted by atomic mass is 10.1. The molecule has 0 atom stereocenters. The molecule has 0 radical (unpaired) electrons. The molecule has 4 nitrogen and oxygen atoms in total. The van der Waals surface area contributed by atoms with Crippen molar-refractivity contribution in [2.45, 2.75) is 25.8 Å². The Labute approximate surface area is 150 Å².